The summed E-state index contributed by atoms with van der Waals surface area (Å²) in [4.78, 5) is 0. The van der Waals surface area contributed by atoms with Gasteiger partial charge in [0, 0.05) is 6.04 Å². The number of benzene rings is 1. The molecule has 1 unspecified atom stereocenters. The van der Waals surface area contributed by atoms with E-state index in [9.17, 15) is 0 Å². The summed E-state index contributed by atoms with van der Waals surface area (Å²) in [7, 11) is 0. The van der Waals surface area contributed by atoms with Crippen LogP contribution in [0.5, 0.6) is 0 Å². The minimum absolute atomic E-state index is 0.470. The third-order valence-electron chi connectivity index (χ3n) is 2.97. The molecular formula is C14H24N2. The second kappa shape index (κ2) is 7.42. The quantitative estimate of drug-likeness (QED) is 0.693. The SMILES string of the molecule is CCc1ccc(C(CC)NCCCN)cc1. The largest absolute Gasteiger partial charge is 0.330 e. The van der Waals surface area contributed by atoms with E-state index in [1.807, 2.05) is 0 Å². The van der Waals surface area contributed by atoms with Gasteiger partial charge in [-0.2, -0.15) is 0 Å². The predicted molar refractivity (Wildman–Crippen MR) is 70.5 cm³/mol. The molecule has 2 nitrogen and oxygen atoms in total. The minimum Gasteiger partial charge on any atom is -0.330 e. The maximum Gasteiger partial charge on any atom is 0.0317 e. The first-order chi connectivity index (χ1) is 7.81. The number of rotatable bonds is 7. The molecule has 0 heterocycles. The Morgan fingerprint density at radius 3 is 2.38 bits per heavy atom. The molecule has 1 rings (SSSR count). The monoisotopic (exact) mass is 220 g/mol. The summed E-state index contributed by atoms with van der Waals surface area (Å²) in [6.45, 7) is 6.17. The van der Waals surface area contributed by atoms with Crippen LogP contribution >= 0.6 is 0 Å². The molecule has 0 radical (unpaired) electrons. The van der Waals surface area contributed by atoms with Crippen molar-refractivity contribution in [3.63, 3.8) is 0 Å². The molecule has 0 saturated carbocycles. The van der Waals surface area contributed by atoms with E-state index in [2.05, 4.69) is 43.4 Å². The topological polar surface area (TPSA) is 38.0 Å². The summed E-state index contributed by atoms with van der Waals surface area (Å²) in [5.74, 6) is 0. The zero-order valence-electron chi connectivity index (χ0n) is 10.5. The minimum atomic E-state index is 0.470. The van der Waals surface area contributed by atoms with Crippen molar-refractivity contribution in [1.29, 1.82) is 0 Å². The fourth-order valence-electron chi connectivity index (χ4n) is 1.86. The third-order valence-corrected chi connectivity index (χ3v) is 2.97. The summed E-state index contributed by atoms with van der Waals surface area (Å²) in [6, 6.07) is 9.40. The van der Waals surface area contributed by atoms with Crippen molar-refractivity contribution in [2.45, 2.75) is 39.2 Å². The maximum absolute atomic E-state index is 5.49. The van der Waals surface area contributed by atoms with Crippen LogP contribution < -0.4 is 11.1 Å². The second-order valence-corrected chi connectivity index (χ2v) is 4.15. The smallest absolute Gasteiger partial charge is 0.0317 e. The molecule has 16 heavy (non-hydrogen) atoms. The first-order valence-corrected chi connectivity index (χ1v) is 6.34. The summed E-state index contributed by atoms with van der Waals surface area (Å²) in [5, 5.41) is 3.54. The van der Waals surface area contributed by atoms with Crippen molar-refractivity contribution in [2.75, 3.05) is 13.1 Å². The van der Waals surface area contributed by atoms with E-state index in [0.29, 0.717) is 6.04 Å². The molecule has 0 bridgehead atoms. The molecule has 0 fully saturated rings. The number of nitrogens with two attached hydrogens (primary N) is 1. The van der Waals surface area contributed by atoms with Crippen LogP contribution in [0.25, 0.3) is 0 Å². The van der Waals surface area contributed by atoms with Crippen LogP contribution in [0, 0.1) is 0 Å². The van der Waals surface area contributed by atoms with E-state index in [-0.39, 0.29) is 0 Å². The molecule has 0 aliphatic heterocycles. The number of hydrogen-bond donors (Lipinski definition) is 2. The van der Waals surface area contributed by atoms with E-state index in [1.54, 1.807) is 0 Å². The highest BCUT2D eigenvalue weighted by Crippen LogP contribution is 2.17. The van der Waals surface area contributed by atoms with Crippen molar-refractivity contribution in [1.82, 2.24) is 5.32 Å². The fourth-order valence-corrected chi connectivity index (χ4v) is 1.86. The van der Waals surface area contributed by atoms with Crippen LogP contribution in [0.15, 0.2) is 24.3 Å². The molecule has 0 aliphatic carbocycles. The Morgan fingerprint density at radius 2 is 1.88 bits per heavy atom. The van der Waals surface area contributed by atoms with Crippen LogP contribution in [0.1, 0.15) is 43.9 Å². The summed E-state index contributed by atoms with van der Waals surface area (Å²) < 4.78 is 0. The number of hydrogen-bond acceptors (Lipinski definition) is 2. The van der Waals surface area contributed by atoms with Crippen LogP contribution in [0.4, 0.5) is 0 Å². The van der Waals surface area contributed by atoms with Crippen LogP contribution in [0.3, 0.4) is 0 Å². The van der Waals surface area contributed by atoms with Crippen LogP contribution in [-0.4, -0.2) is 13.1 Å². The predicted octanol–water partition coefficient (Wildman–Crippen LogP) is 2.64. The van der Waals surface area contributed by atoms with Gasteiger partial charge in [0.2, 0.25) is 0 Å². The first kappa shape index (κ1) is 13.2. The van der Waals surface area contributed by atoms with Crippen LogP contribution in [-0.2, 0) is 6.42 Å². The lowest BCUT2D eigenvalue weighted by Crippen LogP contribution is -2.23. The Hall–Kier alpha value is -0.860. The van der Waals surface area contributed by atoms with Gasteiger partial charge in [-0.3, -0.25) is 0 Å². The van der Waals surface area contributed by atoms with Gasteiger partial charge in [-0.05, 0) is 43.5 Å². The molecule has 1 atom stereocenters. The zero-order valence-corrected chi connectivity index (χ0v) is 10.5. The van der Waals surface area contributed by atoms with E-state index < -0.39 is 0 Å². The molecule has 0 spiro atoms. The average Bonchev–Trinajstić information content (AvgIpc) is 2.35. The van der Waals surface area contributed by atoms with Crippen molar-refractivity contribution in [2.24, 2.45) is 5.73 Å². The normalized spacial score (nSPS) is 12.7. The van der Waals surface area contributed by atoms with Gasteiger partial charge in [0.15, 0.2) is 0 Å². The highest BCUT2D eigenvalue weighted by atomic mass is 14.9. The summed E-state index contributed by atoms with van der Waals surface area (Å²) >= 11 is 0. The van der Waals surface area contributed by atoms with Gasteiger partial charge >= 0.3 is 0 Å². The standard InChI is InChI=1S/C14H24N2/c1-3-12-6-8-13(9-7-12)14(4-2)16-11-5-10-15/h6-9,14,16H,3-5,10-11,15H2,1-2H3. The van der Waals surface area contributed by atoms with Gasteiger partial charge < -0.3 is 11.1 Å². The van der Waals surface area contributed by atoms with Crippen molar-refractivity contribution in [3.05, 3.63) is 35.4 Å². The Balaban J connectivity index is 2.56. The molecule has 90 valence electrons. The lowest BCUT2D eigenvalue weighted by molar-refractivity contribution is 0.513. The second-order valence-electron chi connectivity index (χ2n) is 4.15. The summed E-state index contributed by atoms with van der Waals surface area (Å²) in [5.41, 5.74) is 8.28. The third kappa shape index (κ3) is 3.95. The van der Waals surface area contributed by atoms with E-state index in [4.69, 9.17) is 5.73 Å². The fraction of sp³-hybridized carbons (Fsp3) is 0.571. The summed E-state index contributed by atoms with van der Waals surface area (Å²) in [6.07, 6.45) is 3.28. The Morgan fingerprint density at radius 1 is 1.19 bits per heavy atom. The van der Waals surface area contributed by atoms with Crippen molar-refractivity contribution >= 4 is 0 Å². The molecule has 3 N–H and O–H groups in total. The van der Waals surface area contributed by atoms with E-state index in [1.165, 1.54) is 11.1 Å². The lowest BCUT2D eigenvalue weighted by atomic mass is 10.0. The van der Waals surface area contributed by atoms with E-state index in [0.717, 1.165) is 32.4 Å². The molecule has 1 aromatic rings. The van der Waals surface area contributed by atoms with Gasteiger partial charge in [-0.15, -0.1) is 0 Å². The van der Waals surface area contributed by atoms with E-state index >= 15 is 0 Å². The molecule has 0 saturated heterocycles. The molecule has 0 aliphatic rings. The molecule has 0 amide bonds. The average molecular weight is 220 g/mol. The van der Waals surface area contributed by atoms with Crippen molar-refractivity contribution < 1.29 is 0 Å². The van der Waals surface area contributed by atoms with Gasteiger partial charge in [-0.1, -0.05) is 38.1 Å². The van der Waals surface area contributed by atoms with Gasteiger partial charge in [0.25, 0.3) is 0 Å². The Kier molecular flexibility index (Phi) is 6.12. The zero-order chi connectivity index (χ0) is 11.8. The number of nitrogens with one attached hydrogen (secondary N) is 1. The molecule has 0 aromatic heterocycles. The van der Waals surface area contributed by atoms with Crippen LogP contribution in [0.2, 0.25) is 0 Å². The lowest BCUT2D eigenvalue weighted by Gasteiger charge is -2.17. The van der Waals surface area contributed by atoms with Crippen molar-refractivity contribution in [3.8, 4) is 0 Å². The Bertz CT molecular complexity index is 279. The highest BCUT2D eigenvalue weighted by molar-refractivity contribution is 5.24. The molecule has 2 heteroatoms. The number of aryl methyl sites for hydroxylation is 1. The van der Waals surface area contributed by atoms with Gasteiger partial charge in [0.05, 0.1) is 0 Å². The first-order valence-electron chi connectivity index (χ1n) is 6.34. The molecular weight excluding hydrogens is 196 g/mol. The Labute approximate surface area is 99.2 Å². The molecule has 1 aromatic carbocycles. The highest BCUT2D eigenvalue weighted by Gasteiger charge is 2.07. The van der Waals surface area contributed by atoms with Gasteiger partial charge in [-0.25, -0.2) is 0 Å². The van der Waals surface area contributed by atoms with Gasteiger partial charge in [0.1, 0.15) is 0 Å². The maximum atomic E-state index is 5.49.